The summed E-state index contributed by atoms with van der Waals surface area (Å²) in [6.45, 7) is 2.47. The van der Waals surface area contributed by atoms with Gasteiger partial charge in [-0.15, -0.1) is 10.2 Å². The lowest BCUT2D eigenvalue weighted by Crippen LogP contribution is -2.17. The number of benzene rings is 1. The lowest BCUT2D eigenvalue weighted by Gasteiger charge is -2.10. The third-order valence-corrected chi connectivity index (χ3v) is 5.98. The monoisotopic (exact) mass is 434 g/mol. The van der Waals surface area contributed by atoms with Gasteiger partial charge in [0.2, 0.25) is 5.91 Å². The van der Waals surface area contributed by atoms with Crippen LogP contribution in [0.3, 0.4) is 0 Å². The Morgan fingerprint density at radius 1 is 1.19 bits per heavy atom. The van der Waals surface area contributed by atoms with Crippen molar-refractivity contribution in [2.45, 2.75) is 37.4 Å². The van der Waals surface area contributed by atoms with Gasteiger partial charge in [-0.25, -0.2) is 4.68 Å². The highest BCUT2D eigenvalue weighted by molar-refractivity contribution is 7.99. The number of aromatic nitrogens is 5. The van der Waals surface area contributed by atoms with Gasteiger partial charge in [0.15, 0.2) is 5.16 Å². The molecule has 1 N–H and O–H groups in total. The maximum atomic E-state index is 12.7. The number of aryl methyl sites for hydroxylation is 1. The number of thioether (sulfide) groups is 1. The Morgan fingerprint density at radius 2 is 2.03 bits per heavy atom. The molecule has 1 aliphatic carbocycles. The molecule has 0 aliphatic heterocycles. The average molecular weight is 435 g/mol. The molecule has 1 saturated carbocycles. The van der Waals surface area contributed by atoms with Crippen LogP contribution in [-0.4, -0.2) is 36.2 Å². The first-order valence-corrected chi connectivity index (χ1v) is 11.2. The van der Waals surface area contributed by atoms with Crippen LogP contribution in [0.1, 0.15) is 36.0 Å². The predicted molar refractivity (Wildman–Crippen MR) is 117 cm³/mol. The molecule has 158 valence electrons. The van der Waals surface area contributed by atoms with Gasteiger partial charge in [0.1, 0.15) is 17.4 Å². The van der Waals surface area contributed by atoms with Gasteiger partial charge in [0.25, 0.3) is 0 Å². The van der Waals surface area contributed by atoms with Crippen molar-refractivity contribution in [3.05, 3.63) is 72.1 Å². The molecule has 0 spiro atoms. The van der Waals surface area contributed by atoms with Gasteiger partial charge in [0.05, 0.1) is 29.9 Å². The normalized spacial score (nSPS) is 13.5. The highest BCUT2D eigenvalue weighted by Crippen LogP contribution is 2.40. The average Bonchev–Trinajstić information content (AvgIpc) is 3.16. The molecule has 0 bridgehead atoms. The number of rotatable bonds is 8. The van der Waals surface area contributed by atoms with Gasteiger partial charge < -0.3 is 9.73 Å². The Balaban J connectivity index is 1.29. The highest BCUT2D eigenvalue weighted by atomic mass is 32.2. The van der Waals surface area contributed by atoms with Crippen molar-refractivity contribution < 1.29 is 9.21 Å². The van der Waals surface area contributed by atoms with Crippen molar-refractivity contribution in [1.82, 2.24) is 24.5 Å². The maximum Gasteiger partial charge on any atom is 0.236 e. The number of furan rings is 1. The van der Waals surface area contributed by atoms with E-state index in [0.717, 1.165) is 41.0 Å². The zero-order valence-corrected chi connectivity index (χ0v) is 17.9. The molecule has 0 atom stereocenters. The molecule has 4 aromatic rings. The first kappa shape index (κ1) is 19.6. The van der Waals surface area contributed by atoms with E-state index in [1.165, 1.54) is 11.8 Å². The SMILES string of the molecule is Cc1cc(NC(=O)CSc2nnc(C3CC3)n2Cc2ccco2)n(-c2ccccc2)n1. The summed E-state index contributed by atoms with van der Waals surface area (Å²) in [5, 5.41) is 16.9. The zero-order chi connectivity index (χ0) is 21.2. The zero-order valence-electron chi connectivity index (χ0n) is 17.1. The lowest BCUT2D eigenvalue weighted by molar-refractivity contribution is -0.113. The van der Waals surface area contributed by atoms with Crippen LogP contribution in [0.2, 0.25) is 0 Å². The van der Waals surface area contributed by atoms with E-state index in [9.17, 15) is 4.79 Å². The summed E-state index contributed by atoms with van der Waals surface area (Å²) in [5.74, 6) is 3.01. The number of carbonyl (C=O) groups is 1. The van der Waals surface area contributed by atoms with Gasteiger partial charge in [-0.05, 0) is 44.0 Å². The van der Waals surface area contributed by atoms with Crippen LogP contribution in [0, 0.1) is 6.92 Å². The summed E-state index contributed by atoms with van der Waals surface area (Å²) in [6.07, 6.45) is 3.92. The van der Waals surface area contributed by atoms with Gasteiger partial charge in [-0.3, -0.25) is 9.36 Å². The quantitative estimate of drug-likeness (QED) is 0.421. The number of hydrogen-bond acceptors (Lipinski definition) is 6. The second-order valence-electron chi connectivity index (χ2n) is 7.54. The van der Waals surface area contributed by atoms with Crippen LogP contribution >= 0.6 is 11.8 Å². The summed E-state index contributed by atoms with van der Waals surface area (Å²) >= 11 is 1.38. The lowest BCUT2D eigenvalue weighted by atomic mass is 10.3. The number of amides is 1. The van der Waals surface area contributed by atoms with E-state index in [-0.39, 0.29) is 11.7 Å². The summed E-state index contributed by atoms with van der Waals surface area (Å²) in [7, 11) is 0. The highest BCUT2D eigenvalue weighted by Gasteiger charge is 2.30. The fraction of sp³-hybridized carbons (Fsp3) is 0.273. The molecular formula is C22H22N6O2S. The number of hydrogen-bond donors (Lipinski definition) is 1. The van der Waals surface area contributed by atoms with E-state index >= 15 is 0 Å². The Morgan fingerprint density at radius 3 is 2.77 bits per heavy atom. The van der Waals surface area contributed by atoms with Crippen LogP contribution in [0.5, 0.6) is 0 Å². The van der Waals surface area contributed by atoms with Crippen molar-refractivity contribution in [2.24, 2.45) is 0 Å². The van der Waals surface area contributed by atoms with Crippen molar-refractivity contribution in [1.29, 1.82) is 0 Å². The van der Waals surface area contributed by atoms with Crippen LogP contribution < -0.4 is 5.32 Å². The van der Waals surface area contributed by atoms with E-state index < -0.39 is 0 Å². The van der Waals surface area contributed by atoms with E-state index in [2.05, 4.69) is 25.2 Å². The first-order valence-electron chi connectivity index (χ1n) is 10.2. The minimum Gasteiger partial charge on any atom is -0.467 e. The number of anilines is 1. The molecule has 1 aromatic carbocycles. The predicted octanol–water partition coefficient (Wildman–Crippen LogP) is 4.02. The van der Waals surface area contributed by atoms with Crippen molar-refractivity contribution >= 4 is 23.5 Å². The molecular weight excluding hydrogens is 412 g/mol. The molecule has 1 fully saturated rings. The summed E-state index contributed by atoms with van der Waals surface area (Å²) in [4.78, 5) is 12.7. The molecule has 9 heteroatoms. The van der Waals surface area contributed by atoms with Crippen molar-refractivity contribution in [2.75, 3.05) is 11.1 Å². The summed E-state index contributed by atoms with van der Waals surface area (Å²) in [6, 6.07) is 15.4. The van der Waals surface area contributed by atoms with Gasteiger partial charge in [-0.2, -0.15) is 5.10 Å². The van der Waals surface area contributed by atoms with Crippen LogP contribution in [0.4, 0.5) is 5.82 Å². The van der Waals surface area contributed by atoms with E-state index in [1.807, 2.05) is 55.5 Å². The van der Waals surface area contributed by atoms with Crippen LogP contribution in [0.15, 0.2) is 64.4 Å². The molecule has 8 nitrogen and oxygen atoms in total. The minimum absolute atomic E-state index is 0.123. The molecule has 5 rings (SSSR count). The number of nitrogens with one attached hydrogen (secondary N) is 1. The Hall–Kier alpha value is -3.33. The second kappa shape index (κ2) is 8.43. The largest absolute Gasteiger partial charge is 0.467 e. The molecule has 1 amide bonds. The van der Waals surface area contributed by atoms with Gasteiger partial charge in [0, 0.05) is 12.0 Å². The van der Waals surface area contributed by atoms with E-state index in [1.54, 1.807) is 10.9 Å². The molecule has 3 aromatic heterocycles. The minimum atomic E-state index is -0.123. The van der Waals surface area contributed by atoms with Crippen LogP contribution in [-0.2, 0) is 11.3 Å². The van der Waals surface area contributed by atoms with Gasteiger partial charge in [-0.1, -0.05) is 30.0 Å². The fourth-order valence-corrected chi connectivity index (χ4v) is 4.17. The third kappa shape index (κ3) is 4.41. The molecule has 1 aliphatic rings. The number of para-hydroxylation sites is 1. The topological polar surface area (TPSA) is 90.8 Å². The Kier molecular flexibility index (Phi) is 5.33. The Bertz CT molecular complexity index is 1180. The fourth-order valence-electron chi connectivity index (χ4n) is 3.42. The number of carbonyl (C=O) groups excluding carboxylic acids is 1. The molecule has 0 unspecified atom stereocenters. The smallest absolute Gasteiger partial charge is 0.236 e. The number of nitrogens with zero attached hydrogens (tertiary/aromatic N) is 5. The molecule has 0 radical (unpaired) electrons. The second-order valence-corrected chi connectivity index (χ2v) is 8.48. The first-order chi connectivity index (χ1) is 15.2. The molecule has 31 heavy (non-hydrogen) atoms. The van der Waals surface area contributed by atoms with E-state index in [4.69, 9.17) is 4.42 Å². The van der Waals surface area contributed by atoms with Crippen molar-refractivity contribution in [3.63, 3.8) is 0 Å². The third-order valence-electron chi connectivity index (χ3n) is 5.01. The maximum absolute atomic E-state index is 12.7. The summed E-state index contributed by atoms with van der Waals surface area (Å²) < 4.78 is 9.31. The van der Waals surface area contributed by atoms with Crippen molar-refractivity contribution in [3.8, 4) is 5.69 Å². The van der Waals surface area contributed by atoms with Gasteiger partial charge >= 0.3 is 0 Å². The van der Waals surface area contributed by atoms with Crippen LogP contribution in [0.25, 0.3) is 5.69 Å². The standard InChI is InChI=1S/C22H22N6O2S/c1-15-12-19(28(26-15)17-6-3-2-4-7-17)23-20(29)14-31-22-25-24-21(16-9-10-16)27(22)13-18-8-5-11-30-18/h2-8,11-12,16H,9-10,13-14H2,1H3,(H,23,29). The molecule has 0 saturated heterocycles. The Labute approximate surface area is 183 Å². The van der Waals surface area contributed by atoms with E-state index in [0.29, 0.717) is 18.3 Å². The molecule has 3 heterocycles. The summed E-state index contributed by atoms with van der Waals surface area (Å²) in [5.41, 5.74) is 1.73.